The molecule has 1 aliphatic rings. The summed E-state index contributed by atoms with van der Waals surface area (Å²) in [5, 5.41) is 16.7. The van der Waals surface area contributed by atoms with E-state index in [1.807, 2.05) is 0 Å². The molecule has 2 N–H and O–H groups in total. The van der Waals surface area contributed by atoms with Crippen LogP contribution in [0.4, 0.5) is 5.69 Å². The minimum Gasteiger partial charge on any atom is -0.354 e. The number of nitro groups is 1. The van der Waals surface area contributed by atoms with Gasteiger partial charge in [0.15, 0.2) is 0 Å². The third-order valence-electron chi connectivity index (χ3n) is 3.87. The van der Waals surface area contributed by atoms with Gasteiger partial charge in [-0.05, 0) is 25.0 Å². The Morgan fingerprint density at radius 2 is 2.04 bits per heavy atom. The Labute approximate surface area is 143 Å². The number of hydrogen-bond acceptors (Lipinski definition) is 5. The molecule has 0 atom stereocenters. The van der Waals surface area contributed by atoms with E-state index in [1.165, 1.54) is 35.3 Å². The molecule has 9 nitrogen and oxygen atoms in total. The number of amides is 2. The molecule has 9 heteroatoms. The number of benzene rings is 1. The first-order chi connectivity index (χ1) is 12.1. The van der Waals surface area contributed by atoms with Gasteiger partial charge in [-0.3, -0.25) is 19.7 Å². The van der Waals surface area contributed by atoms with Gasteiger partial charge in [0.25, 0.3) is 11.6 Å². The number of nitro benzene ring substituents is 1. The van der Waals surface area contributed by atoms with E-state index < -0.39 is 10.8 Å². The first-order valence-corrected chi connectivity index (χ1v) is 7.89. The van der Waals surface area contributed by atoms with E-state index in [0.717, 1.165) is 12.8 Å². The SMILES string of the molecule is O=C(NCCNC(=O)C1CC1)c1ccc(-n2ccnc2)c([N+](=O)[O-])c1. The topological polar surface area (TPSA) is 119 Å². The van der Waals surface area contributed by atoms with Crippen LogP contribution >= 0.6 is 0 Å². The zero-order chi connectivity index (χ0) is 17.8. The molecule has 1 aromatic heterocycles. The highest BCUT2D eigenvalue weighted by Gasteiger charge is 2.29. The van der Waals surface area contributed by atoms with Gasteiger partial charge >= 0.3 is 0 Å². The molecule has 0 bridgehead atoms. The third kappa shape index (κ3) is 4.00. The average molecular weight is 343 g/mol. The maximum Gasteiger partial charge on any atom is 0.294 e. The smallest absolute Gasteiger partial charge is 0.294 e. The minimum atomic E-state index is -0.540. The van der Waals surface area contributed by atoms with E-state index in [0.29, 0.717) is 12.2 Å². The van der Waals surface area contributed by atoms with Gasteiger partial charge in [0.2, 0.25) is 5.91 Å². The normalized spacial score (nSPS) is 13.3. The van der Waals surface area contributed by atoms with Crippen LogP contribution in [0.3, 0.4) is 0 Å². The number of hydrogen-bond donors (Lipinski definition) is 2. The highest BCUT2D eigenvalue weighted by molar-refractivity contribution is 5.95. The maximum absolute atomic E-state index is 12.1. The minimum absolute atomic E-state index is 0.00886. The second kappa shape index (κ2) is 7.12. The van der Waals surface area contributed by atoms with E-state index >= 15 is 0 Å². The standard InChI is InChI=1S/C16H17N5O4/c22-15(11-1-2-11)18-5-6-19-16(23)12-3-4-13(14(9-12)21(24)25)20-8-7-17-10-20/h3-4,7-11H,1-2,5-6H2,(H,18,22)(H,19,23). The molecule has 1 fully saturated rings. The molecule has 0 radical (unpaired) electrons. The molecule has 2 aromatic rings. The molecule has 2 amide bonds. The molecule has 1 aliphatic carbocycles. The fraction of sp³-hybridized carbons (Fsp3) is 0.312. The number of carbonyl (C=O) groups is 2. The van der Waals surface area contributed by atoms with Crippen molar-refractivity contribution in [2.75, 3.05) is 13.1 Å². The van der Waals surface area contributed by atoms with Crippen molar-refractivity contribution in [2.24, 2.45) is 5.92 Å². The van der Waals surface area contributed by atoms with Gasteiger partial charge in [0, 0.05) is 43.0 Å². The molecule has 1 heterocycles. The van der Waals surface area contributed by atoms with Crippen molar-refractivity contribution in [3.05, 3.63) is 52.6 Å². The lowest BCUT2D eigenvalue weighted by Gasteiger charge is -2.08. The van der Waals surface area contributed by atoms with Crippen LogP contribution in [0, 0.1) is 16.0 Å². The Hall–Kier alpha value is -3.23. The number of imidazole rings is 1. The van der Waals surface area contributed by atoms with Crippen molar-refractivity contribution in [3.63, 3.8) is 0 Å². The lowest BCUT2D eigenvalue weighted by atomic mass is 10.1. The fourth-order valence-corrected chi connectivity index (χ4v) is 2.38. The number of rotatable bonds is 7. The molecule has 0 aliphatic heterocycles. The number of aromatic nitrogens is 2. The van der Waals surface area contributed by atoms with E-state index in [-0.39, 0.29) is 29.6 Å². The van der Waals surface area contributed by atoms with Crippen molar-refractivity contribution in [1.82, 2.24) is 20.2 Å². The summed E-state index contributed by atoms with van der Waals surface area (Å²) in [6.07, 6.45) is 6.39. The first kappa shape index (κ1) is 16.6. The largest absolute Gasteiger partial charge is 0.354 e. The van der Waals surface area contributed by atoms with E-state index in [1.54, 1.807) is 6.20 Å². The van der Waals surface area contributed by atoms with Gasteiger partial charge in [0.05, 0.1) is 11.3 Å². The van der Waals surface area contributed by atoms with E-state index in [4.69, 9.17) is 0 Å². The summed E-state index contributed by atoms with van der Waals surface area (Å²) in [6, 6.07) is 4.25. The summed E-state index contributed by atoms with van der Waals surface area (Å²) >= 11 is 0. The average Bonchev–Trinajstić information content (AvgIpc) is 3.32. The van der Waals surface area contributed by atoms with E-state index in [2.05, 4.69) is 15.6 Å². The highest BCUT2D eigenvalue weighted by atomic mass is 16.6. The molecule has 1 saturated carbocycles. The molecule has 0 unspecified atom stereocenters. The predicted molar refractivity (Wildman–Crippen MR) is 88.3 cm³/mol. The lowest BCUT2D eigenvalue weighted by molar-refractivity contribution is -0.384. The van der Waals surface area contributed by atoms with Crippen LogP contribution in [0.25, 0.3) is 5.69 Å². The Morgan fingerprint density at radius 3 is 2.68 bits per heavy atom. The Bertz CT molecular complexity index is 799. The molecule has 130 valence electrons. The molecule has 3 rings (SSSR count). The van der Waals surface area contributed by atoms with Crippen LogP contribution in [0.1, 0.15) is 23.2 Å². The van der Waals surface area contributed by atoms with Crippen molar-refractivity contribution >= 4 is 17.5 Å². The van der Waals surface area contributed by atoms with Gasteiger partial charge in [0.1, 0.15) is 5.69 Å². The highest BCUT2D eigenvalue weighted by Crippen LogP contribution is 2.28. The van der Waals surface area contributed by atoms with Gasteiger partial charge in [-0.25, -0.2) is 4.98 Å². The summed E-state index contributed by atoms with van der Waals surface area (Å²) < 4.78 is 1.51. The van der Waals surface area contributed by atoms with Crippen molar-refractivity contribution in [1.29, 1.82) is 0 Å². The van der Waals surface area contributed by atoms with Gasteiger partial charge in [-0.15, -0.1) is 0 Å². The van der Waals surface area contributed by atoms with Crippen molar-refractivity contribution in [3.8, 4) is 5.69 Å². The number of carbonyl (C=O) groups excluding carboxylic acids is 2. The Morgan fingerprint density at radius 1 is 1.28 bits per heavy atom. The second-order valence-electron chi connectivity index (χ2n) is 5.75. The Balaban J connectivity index is 1.63. The predicted octanol–water partition coefficient (Wildman–Crippen LogP) is 1.04. The summed E-state index contributed by atoms with van der Waals surface area (Å²) in [5.41, 5.74) is 0.326. The fourth-order valence-electron chi connectivity index (χ4n) is 2.38. The van der Waals surface area contributed by atoms with Crippen molar-refractivity contribution < 1.29 is 14.5 Å². The number of nitrogens with one attached hydrogen (secondary N) is 2. The molecular formula is C16H17N5O4. The monoisotopic (exact) mass is 343 g/mol. The summed E-state index contributed by atoms with van der Waals surface area (Å²) in [6.45, 7) is 0.588. The van der Waals surface area contributed by atoms with Crippen LogP contribution in [-0.4, -0.2) is 39.4 Å². The van der Waals surface area contributed by atoms with Crippen LogP contribution < -0.4 is 10.6 Å². The summed E-state index contributed by atoms with van der Waals surface area (Å²) in [4.78, 5) is 38.2. The quantitative estimate of drug-likeness (QED) is 0.442. The van der Waals surface area contributed by atoms with E-state index in [9.17, 15) is 19.7 Å². The van der Waals surface area contributed by atoms with Crippen LogP contribution in [0.5, 0.6) is 0 Å². The molecule has 0 saturated heterocycles. The molecular weight excluding hydrogens is 326 g/mol. The number of nitrogens with zero attached hydrogens (tertiary/aromatic N) is 3. The Kier molecular flexibility index (Phi) is 4.73. The van der Waals surface area contributed by atoms with Crippen LogP contribution in [0.15, 0.2) is 36.9 Å². The zero-order valence-electron chi connectivity index (χ0n) is 13.3. The third-order valence-corrected chi connectivity index (χ3v) is 3.87. The zero-order valence-corrected chi connectivity index (χ0v) is 13.3. The van der Waals surface area contributed by atoms with Gasteiger partial charge in [-0.1, -0.05) is 0 Å². The molecule has 1 aromatic carbocycles. The second-order valence-corrected chi connectivity index (χ2v) is 5.75. The molecule has 0 spiro atoms. The van der Waals surface area contributed by atoms with Gasteiger partial charge in [-0.2, -0.15) is 0 Å². The van der Waals surface area contributed by atoms with Crippen LogP contribution in [-0.2, 0) is 4.79 Å². The summed E-state index contributed by atoms with van der Waals surface area (Å²) in [7, 11) is 0. The first-order valence-electron chi connectivity index (χ1n) is 7.89. The molecule has 25 heavy (non-hydrogen) atoms. The maximum atomic E-state index is 12.1. The van der Waals surface area contributed by atoms with Gasteiger partial charge < -0.3 is 15.2 Å². The summed E-state index contributed by atoms with van der Waals surface area (Å²) in [5.74, 6) is -0.301. The lowest BCUT2D eigenvalue weighted by Crippen LogP contribution is -2.35. The van der Waals surface area contributed by atoms with Crippen LogP contribution in [0.2, 0.25) is 0 Å². The van der Waals surface area contributed by atoms with Crippen molar-refractivity contribution in [2.45, 2.75) is 12.8 Å².